The van der Waals surface area contributed by atoms with Crippen LogP contribution in [-0.2, 0) is 0 Å². The van der Waals surface area contributed by atoms with Crippen LogP contribution in [0.1, 0.15) is 36.7 Å². The molecule has 0 saturated heterocycles. The Morgan fingerprint density at radius 2 is 2.20 bits per heavy atom. The Hall–Kier alpha value is -1.42. The smallest absolute Gasteiger partial charge is 0.0708 e. The van der Waals surface area contributed by atoms with E-state index in [2.05, 4.69) is 22.5 Å². The molecule has 0 aliphatic heterocycles. The number of rotatable bonds is 4. The van der Waals surface area contributed by atoms with Crippen molar-refractivity contribution in [1.29, 1.82) is 0 Å². The van der Waals surface area contributed by atoms with Gasteiger partial charge in [0.1, 0.15) is 0 Å². The maximum atomic E-state index is 5.22. The van der Waals surface area contributed by atoms with E-state index in [0.717, 1.165) is 35.5 Å². The molecule has 0 aliphatic rings. The number of nitrogens with two attached hydrogens (primary N) is 1. The first kappa shape index (κ1) is 11.7. The SMILES string of the molecule is CCC/C(=N\NN)c1ccc(C)nc1C. The van der Waals surface area contributed by atoms with Gasteiger partial charge < -0.3 is 0 Å². The molecule has 0 aliphatic carbocycles. The van der Waals surface area contributed by atoms with Crippen LogP contribution < -0.4 is 11.4 Å². The second kappa shape index (κ2) is 5.46. The second-order valence-corrected chi connectivity index (χ2v) is 3.52. The van der Waals surface area contributed by atoms with Crippen LogP contribution in [-0.4, -0.2) is 10.7 Å². The highest BCUT2D eigenvalue weighted by atomic mass is 15.5. The number of pyridine rings is 1. The van der Waals surface area contributed by atoms with Gasteiger partial charge in [-0.3, -0.25) is 4.98 Å². The quantitative estimate of drug-likeness (QED) is 0.447. The van der Waals surface area contributed by atoms with Gasteiger partial charge in [0, 0.05) is 17.0 Å². The Balaban J connectivity index is 3.06. The maximum Gasteiger partial charge on any atom is 0.0708 e. The fourth-order valence-electron chi connectivity index (χ4n) is 1.56. The van der Waals surface area contributed by atoms with Crippen LogP contribution in [0.3, 0.4) is 0 Å². The molecule has 15 heavy (non-hydrogen) atoms. The number of nitrogens with zero attached hydrogens (tertiary/aromatic N) is 2. The molecule has 4 nitrogen and oxygen atoms in total. The molecule has 0 atom stereocenters. The van der Waals surface area contributed by atoms with Crippen molar-refractivity contribution in [2.45, 2.75) is 33.6 Å². The van der Waals surface area contributed by atoms with Crippen LogP contribution in [0.4, 0.5) is 0 Å². The van der Waals surface area contributed by atoms with Gasteiger partial charge in [-0.1, -0.05) is 13.3 Å². The largest absolute Gasteiger partial charge is 0.258 e. The van der Waals surface area contributed by atoms with Gasteiger partial charge in [0.15, 0.2) is 0 Å². The highest BCUT2D eigenvalue weighted by Gasteiger charge is 2.07. The van der Waals surface area contributed by atoms with Crippen molar-refractivity contribution < 1.29 is 0 Å². The first-order chi connectivity index (χ1) is 7.19. The number of hydrazone groups is 1. The summed E-state index contributed by atoms with van der Waals surface area (Å²) in [5.41, 5.74) is 6.40. The summed E-state index contributed by atoms with van der Waals surface area (Å²) >= 11 is 0. The third kappa shape index (κ3) is 3.02. The minimum atomic E-state index is 0.899. The van der Waals surface area contributed by atoms with Gasteiger partial charge in [0.2, 0.25) is 0 Å². The van der Waals surface area contributed by atoms with Crippen LogP contribution in [0, 0.1) is 13.8 Å². The van der Waals surface area contributed by atoms with Gasteiger partial charge in [-0.2, -0.15) is 5.10 Å². The van der Waals surface area contributed by atoms with Crippen LogP contribution in [0.15, 0.2) is 17.2 Å². The van der Waals surface area contributed by atoms with Crippen molar-refractivity contribution in [3.63, 3.8) is 0 Å². The molecule has 3 N–H and O–H groups in total. The van der Waals surface area contributed by atoms with Crippen LogP contribution in [0.25, 0.3) is 0 Å². The van der Waals surface area contributed by atoms with Gasteiger partial charge in [0.05, 0.1) is 5.71 Å². The molecule has 1 aromatic rings. The summed E-state index contributed by atoms with van der Waals surface area (Å²) < 4.78 is 0. The molecule has 0 bridgehead atoms. The van der Waals surface area contributed by atoms with Crippen LogP contribution >= 0.6 is 0 Å². The van der Waals surface area contributed by atoms with E-state index >= 15 is 0 Å². The van der Waals surface area contributed by atoms with Gasteiger partial charge in [-0.25, -0.2) is 11.4 Å². The first-order valence-corrected chi connectivity index (χ1v) is 5.15. The molecule has 0 spiro atoms. The second-order valence-electron chi connectivity index (χ2n) is 3.52. The highest BCUT2D eigenvalue weighted by molar-refractivity contribution is 6.01. The molecule has 0 unspecified atom stereocenters. The molecular weight excluding hydrogens is 188 g/mol. The van der Waals surface area contributed by atoms with E-state index in [-0.39, 0.29) is 0 Å². The molecule has 0 amide bonds. The van der Waals surface area contributed by atoms with Gasteiger partial charge >= 0.3 is 0 Å². The lowest BCUT2D eigenvalue weighted by atomic mass is 10.0. The standard InChI is InChI=1S/C11H18N4/c1-4-5-11(14-15-12)10-7-6-8(2)13-9(10)3/h6-7,15H,4-5,12H2,1-3H3/b14-11+. The number of hydrogen-bond donors (Lipinski definition) is 2. The number of hydrazine groups is 1. The molecule has 0 fully saturated rings. The Bertz CT molecular complexity index is 358. The predicted molar refractivity (Wildman–Crippen MR) is 62.5 cm³/mol. The van der Waals surface area contributed by atoms with Crippen molar-refractivity contribution in [3.05, 3.63) is 29.1 Å². The molecule has 1 rings (SSSR count). The Kier molecular flexibility index (Phi) is 4.24. The highest BCUT2D eigenvalue weighted by Crippen LogP contribution is 2.11. The lowest BCUT2D eigenvalue weighted by Gasteiger charge is -2.08. The third-order valence-electron chi connectivity index (χ3n) is 2.22. The van der Waals surface area contributed by atoms with Gasteiger partial charge in [-0.15, -0.1) is 0 Å². The predicted octanol–water partition coefficient (Wildman–Crippen LogP) is 1.67. The molecule has 82 valence electrons. The average Bonchev–Trinajstić information content (AvgIpc) is 2.17. The molecule has 0 radical (unpaired) electrons. The summed E-state index contributed by atoms with van der Waals surface area (Å²) in [6.45, 7) is 6.08. The van der Waals surface area contributed by atoms with Crippen molar-refractivity contribution in [3.8, 4) is 0 Å². The Labute approximate surface area is 90.6 Å². The summed E-state index contributed by atoms with van der Waals surface area (Å²) in [5.74, 6) is 5.22. The van der Waals surface area contributed by atoms with Crippen molar-refractivity contribution in [2.24, 2.45) is 10.9 Å². The zero-order valence-corrected chi connectivity index (χ0v) is 9.54. The lowest BCUT2D eigenvalue weighted by Crippen LogP contribution is -2.18. The van der Waals surface area contributed by atoms with E-state index in [4.69, 9.17) is 5.84 Å². The monoisotopic (exact) mass is 206 g/mol. The number of hydrogen-bond acceptors (Lipinski definition) is 4. The lowest BCUT2D eigenvalue weighted by molar-refractivity contribution is 0.794. The van der Waals surface area contributed by atoms with E-state index in [9.17, 15) is 0 Å². The van der Waals surface area contributed by atoms with E-state index in [1.165, 1.54) is 0 Å². The Morgan fingerprint density at radius 1 is 1.47 bits per heavy atom. The normalized spacial score (nSPS) is 11.6. The number of aromatic nitrogens is 1. The van der Waals surface area contributed by atoms with Crippen LogP contribution in [0.2, 0.25) is 0 Å². The molecule has 1 aromatic heterocycles. The van der Waals surface area contributed by atoms with Gasteiger partial charge in [0.25, 0.3) is 0 Å². The zero-order valence-electron chi connectivity index (χ0n) is 9.54. The summed E-state index contributed by atoms with van der Waals surface area (Å²) in [7, 11) is 0. The summed E-state index contributed by atoms with van der Waals surface area (Å²) in [4.78, 5) is 4.41. The molecule has 1 heterocycles. The molecular formula is C11H18N4. The van der Waals surface area contributed by atoms with E-state index in [1.54, 1.807) is 0 Å². The van der Waals surface area contributed by atoms with Crippen LogP contribution in [0.5, 0.6) is 0 Å². The van der Waals surface area contributed by atoms with E-state index < -0.39 is 0 Å². The van der Waals surface area contributed by atoms with Gasteiger partial charge in [-0.05, 0) is 32.4 Å². The third-order valence-corrected chi connectivity index (χ3v) is 2.22. The van der Waals surface area contributed by atoms with E-state index in [0.29, 0.717) is 0 Å². The van der Waals surface area contributed by atoms with Crippen molar-refractivity contribution in [2.75, 3.05) is 0 Å². The molecule has 4 heteroatoms. The fourth-order valence-corrected chi connectivity index (χ4v) is 1.56. The summed E-state index contributed by atoms with van der Waals surface area (Å²) in [6, 6.07) is 4.04. The average molecular weight is 206 g/mol. The number of aryl methyl sites for hydroxylation is 2. The van der Waals surface area contributed by atoms with Crippen molar-refractivity contribution >= 4 is 5.71 Å². The first-order valence-electron chi connectivity index (χ1n) is 5.15. The minimum Gasteiger partial charge on any atom is -0.258 e. The van der Waals surface area contributed by atoms with E-state index in [1.807, 2.05) is 26.0 Å². The zero-order chi connectivity index (χ0) is 11.3. The molecule has 0 saturated carbocycles. The molecule has 0 aromatic carbocycles. The summed E-state index contributed by atoms with van der Waals surface area (Å²) in [6.07, 6.45) is 1.93. The summed E-state index contributed by atoms with van der Waals surface area (Å²) in [5, 5.41) is 4.08. The topological polar surface area (TPSA) is 63.3 Å². The maximum absolute atomic E-state index is 5.22. The fraction of sp³-hybridized carbons (Fsp3) is 0.455. The van der Waals surface area contributed by atoms with Crippen molar-refractivity contribution in [1.82, 2.24) is 10.5 Å². The Morgan fingerprint density at radius 3 is 2.73 bits per heavy atom. The number of nitrogens with one attached hydrogen (secondary N) is 1. The minimum absolute atomic E-state index is 0.899.